The number of hydrogen-bond acceptors (Lipinski definition) is 15. The predicted octanol–water partition coefficient (Wildman–Crippen LogP) is 3.84. The molecule has 21 nitrogen and oxygen atoms in total. The van der Waals surface area contributed by atoms with Crippen LogP contribution >= 0.6 is 0 Å². The van der Waals surface area contributed by atoms with Crippen LogP contribution in [0.2, 0.25) is 0 Å². The Hall–Kier alpha value is -6.99. The van der Waals surface area contributed by atoms with Crippen LogP contribution in [0.1, 0.15) is 34.3 Å². The Balaban J connectivity index is 0.879. The molecule has 2 amide bonds. The molecule has 0 saturated heterocycles. The highest BCUT2D eigenvalue weighted by molar-refractivity contribution is 7.89. The van der Waals surface area contributed by atoms with Gasteiger partial charge in [-0.25, -0.2) is 31.3 Å². The maximum absolute atomic E-state index is 13.5. The van der Waals surface area contributed by atoms with E-state index in [1.807, 2.05) is 54.2 Å². The number of pyridine rings is 1. The van der Waals surface area contributed by atoms with Crippen molar-refractivity contribution in [3.63, 3.8) is 0 Å². The first-order chi connectivity index (χ1) is 35.1. The van der Waals surface area contributed by atoms with Gasteiger partial charge in [0.25, 0.3) is 5.91 Å². The normalized spacial score (nSPS) is 12.0. The highest BCUT2D eigenvalue weighted by Gasteiger charge is 2.28. The number of sulfonamides is 2. The fraction of sp³-hybridized carbons (Fsp3) is 0.340. The summed E-state index contributed by atoms with van der Waals surface area (Å²) in [4.78, 5) is 55.4. The first-order valence-electron chi connectivity index (χ1n) is 23.2. The average molecular weight is 1050 g/mol. The Morgan fingerprint density at radius 3 is 1.93 bits per heavy atom. The van der Waals surface area contributed by atoms with Gasteiger partial charge in [-0.15, -0.1) is 0 Å². The number of amides is 2. The smallest absolute Gasteiger partial charge is 0.407 e. The number of anilines is 1. The van der Waals surface area contributed by atoms with Crippen LogP contribution in [0.4, 0.5) is 10.7 Å². The van der Waals surface area contributed by atoms with Gasteiger partial charge in [-0.1, -0.05) is 60.7 Å². The van der Waals surface area contributed by atoms with Crippen LogP contribution in [0.3, 0.4) is 0 Å². The molecule has 390 valence electrons. The lowest BCUT2D eigenvalue weighted by Gasteiger charge is -2.18. The van der Waals surface area contributed by atoms with Crippen molar-refractivity contribution in [3.05, 3.63) is 143 Å². The van der Waals surface area contributed by atoms with Crippen LogP contribution < -0.4 is 30.8 Å². The number of nitrogens with zero attached hydrogens (tertiary/aromatic N) is 3. The van der Waals surface area contributed by atoms with Gasteiger partial charge in [0.15, 0.2) is 0 Å². The molecule has 0 aliphatic heterocycles. The molecule has 0 bridgehead atoms. The molecule has 2 heterocycles. The lowest BCUT2D eigenvalue weighted by atomic mass is 10.1. The summed E-state index contributed by atoms with van der Waals surface area (Å²) in [5, 5.41) is 8.68. The van der Waals surface area contributed by atoms with E-state index in [1.165, 1.54) is 42.6 Å². The highest BCUT2D eigenvalue weighted by atomic mass is 32.2. The molecule has 5 N–H and O–H groups in total. The molecule has 0 aliphatic carbocycles. The number of aromatic nitrogens is 3. The second kappa shape index (κ2) is 27.2. The van der Waals surface area contributed by atoms with Crippen LogP contribution in [-0.4, -0.2) is 121 Å². The number of benzene rings is 4. The molecule has 0 saturated carbocycles. The number of methoxy groups -OCH3 is 1. The van der Waals surface area contributed by atoms with Crippen LogP contribution in [0.25, 0.3) is 22.0 Å². The summed E-state index contributed by atoms with van der Waals surface area (Å²) in [7, 11) is -3.57. The molecule has 0 radical (unpaired) electrons. The van der Waals surface area contributed by atoms with E-state index in [-0.39, 0.29) is 33.9 Å². The minimum atomic E-state index is -4.35. The van der Waals surface area contributed by atoms with Crippen molar-refractivity contribution in [2.75, 3.05) is 71.7 Å². The number of esters is 1. The van der Waals surface area contributed by atoms with Gasteiger partial charge in [-0.2, -0.15) is 4.72 Å². The molecule has 73 heavy (non-hydrogen) atoms. The van der Waals surface area contributed by atoms with Crippen molar-refractivity contribution in [2.45, 2.75) is 41.8 Å². The molecule has 1 atom stereocenters. The van der Waals surface area contributed by atoms with Gasteiger partial charge in [0, 0.05) is 77.5 Å². The SMILES string of the molecule is COC(=O)C(CNC(=O)c1cn(C)c2cc(CNc3nccn3C)ccc2c1=O)NS(=O)(=O)c1ccc(-c2ccc(S(=O)(=O)NCCCOCCOCCOCCCNC(=O)OCc3ccccc3)cc2)cc1. The molecule has 6 rings (SSSR count). The molecular weight excluding hydrogens is 985 g/mol. The first-order valence-corrected chi connectivity index (χ1v) is 26.2. The summed E-state index contributed by atoms with van der Waals surface area (Å²) in [6.07, 6.45) is 5.42. The standard InChI is InChI=1S/C50H60N8O13S2/c1-57-24-23-51-49(57)54-32-37-11-20-42-45(31-37)58(2)34-43(46(42)59)47(60)53-33-44(48(61)67-3)56-73(65,66)41-18-14-39(15-19-41)38-12-16-40(17-13-38)72(63,64)55-22-8-26-69-28-30-70-29-27-68-25-7-21-52-50(62)71-35-36-9-5-4-6-10-36/h4-6,9-20,23-24,31,34,44,55-56H,7-8,21-22,25-30,32-33,35H2,1-3H3,(H,51,54)(H,52,62)(H,53,60). The summed E-state index contributed by atoms with van der Waals surface area (Å²) in [5.74, 6) is -1.12. The second-order valence-electron chi connectivity index (χ2n) is 16.4. The minimum absolute atomic E-state index is 0.0373. The summed E-state index contributed by atoms with van der Waals surface area (Å²) in [6.45, 7) is 2.87. The summed E-state index contributed by atoms with van der Waals surface area (Å²) in [6, 6.07) is 24.8. The predicted molar refractivity (Wildman–Crippen MR) is 272 cm³/mol. The van der Waals surface area contributed by atoms with E-state index in [0.29, 0.717) is 88.2 Å². The Morgan fingerprint density at radius 1 is 0.699 bits per heavy atom. The lowest BCUT2D eigenvalue weighted by molar-refractivity contribution is -0.142. The Labute approximate surface area is 423 Å². The van der Waals surface area contributed by atoms with E-state index in [2.05, 4.69) is 30.4 Å². The van der Waals surface area contributed by atoms with E-state index in [1.54, 1.807) is 42.1 Å². The zero-order valence-electron chi connectivity index (χ0n) is 40.7. The largest absolute Gasteiger partial charge is 0.468 e. The van der Waals surface area contributed by atoms with Crippen LogP contribution in [0.15, 0.2) is 130 Å². The maximum atomic E-state index is 13.5. The third-order valence-corrected chi connectivity index (χ3v) is 14.1. The molecule has 2 aromatic heterocycles. The van der Waals surface area contributed by atoms with Gasteiger partial charge in [0.2, 0.25) is 31.4 Å². The summed E-state index contributed by atoms with van der Waals surface area (Å²) >= 11 is 0. The number of carbonyl (C=O) groups excluding carboxylic acids is 3. The number of hydrogen-bond donors (Lipinski definition) is 5. The number of rotatable bonds is 29. The number of imidazole rings is 1. The van der Waals surface area contributed by atoms with E-state index in [4.69, 9.17) is 23.7 Å². The topological polar surface area (TPSA) is 266 Å². The number of alkyl carbamates (subject to hydrolysis) is 1. The molecule has 23 heteroatoms. The number of ether oxygens (including phenoxy) is 5. The molecule has 6 aromatic rings. The van der Waals surface area contributed by atoms with E-state index >= 15 is 0 Å². The van der Waals surface area contributed by atoms with Crippen molar-refractivity contribution in [2.24, 2.45) is 14.1 Å². The van der Waals surface area contributed by atoms with Crippen molar-refractivity contribution in [1.82, 2.24) is 34.2 Å². The third kappa shape index (κ3) is 16.5. The maximum Gasteiger partial charge on any atom is 0.407 e. The van der Waals surface area contributed by atoms with E-state index < -0.39 is 56.0 Å². The van der Waals surface area contributed by atoms with Gasteiger partial charge in [-0.05, 0) is 71.5 Å². The Kier molecular flexibility index (Phi) is 20.6. The van der Waals surface area contributed by atoms with Crippen molar-refractivity contribution in [1.29, 1.82) is 0 Å². The summed E-state index contributed by atoms with van der Waals surface area (Å²) < 4.78 is 87.7. The van der Waals surface area contributed by atoms with Gasteiger partial charge >= 0.3 is 12.1 Å². The number of fused-ring (bicyclic) bond motifs is 1. The Morgan fingerprint density at radius 2 is 1.32 bits per heavy atom. The van der Waals surface area contributed by atoms with E-state index in [9.17, 15) is 36.0 Å². The van der Waals surface area contributed by atoms with Crippen LogP contribution in [-0.2, 0) is 75.8 Å². The highest BCUT2D eigenvalue weighted by Crippen LogP contribution is 2.24. The fourth-order valence-corrected chi connectivity index (χ4v) is 9.43. The van der Waals surface area contributed by atoms with Gasteiger partial charge in [0.1, 0.15) is 18.2 Å². The molecule has 4 aromatic carbocycles. The van der Waals surface area contributed by atoms with Crippen molar-refractivity contribution < 1.29 is 54.9 Å². The Bertz CT molecular complexity index is 3060. The molecular formula is C50H60N8O13S2. The summed E-state index contributed by atoms with van der Waals surface area (Å²) in [5.41, 5.74) is 2.80. The first kappa shape index (κ1) is 55.3. The average Bonchev–Trinajstić information content (AvgIpc) is 3.82. The lowest BCUT2D eigenvalue weighted by Crippen LogP contribution is -2.49. The van der Waals surface area contributed by atoms with E-state index in [0.717, 1.165) is 18.2 Å². The molecule has 0 spiro atoms. The number of carbonyl (C=O) groups is 3. The number of aryl methyl sites for hydroxylation is 2. The van der Waals surface area contributed by atoms with Crippen LogP contribution in [0.5, 0.6) is 0 Å². The monoisotopic (exact) mass is 1040 g/mol. The van der Waals surface area contributed by atoms with Gasteiger partial charge in [-0.3, -0.25) is 14.4 Å². The molecule has 0 fully saturated rings. The second-order valence-corrected chi connectivity index (χ2v) is 19.9. The zero-order valence-corrected chi connectivity index (χ0v) is 42.3. The fourth-order valence-electron chi connectivity index (χ4n) is 7.18. The molecule has 0 aliphatic rings. The van der Waals surface area contributed by atoms with Crippen molar-refractivity contribution in [3.8, 4) is 11.1 Å². The van der Waals surface area contributed by atoms with Gasteiger partial charge < -0.3 is 48.8 Å². The zero-order chi connectivity index (χ0) is 52.2. The number of nitrogens with one attached hydrogen (secondary N) is 5. The third-order valence-electron chi connectivity index (χ3n) is 11.1. The van der Waals surface area contributed by atoms with Gasteiger partial charge in [0.05, 0.1) is 48.8 Å². The van der Waals surface area contributed by atoms with Crippen LogP contribution in [0, 0.1) is 0 Å². The van der Waals surface area contributed by atoms with Crippen molar-refractivity contribution >= 4 is 54.9 Å². The molecule has 1 unspecified atom stereocenters. The quantitative estimate of drug-likeness (QED) is 0.0330. The minimum Gasteiger partial charge on any atom is -0.468 e.